The highest BCUT2D eigenvalue weighted by Gasteiger charge is 2.26. The van der Waals surface area contributed by atoms with Gasteiger partial charge in [-0.25, -0.2) is 4.98 Å². The number of aromatic nitrogens is 3. The highest BCUT2D eigenvalue weighted by molar-refractivity contribution is 7.20. The van der Waals surface area contributed by atoms with Gasteiger partial charge in [0.25, 0.3) is 5.91 Å². The Morgan fingerprint density at radius 1 is 1.16 bits per heavy atom. The Morgan fingerprint density at radius 2 is 2.06 bits per heavy atom. The molecule has 2 aromatic carbocycles. The van der Waals surface area contributed by atoms with Gasteiger partial charge in [-0.15, -0.1) is 0 Å². The van der Waals surface area contributed by atoms with Crippen LogP contribution in [0.2, 0.25) is 0 Å². The summed E-state index contributed by atoms with van der Waals surface area (Å²) in [5.41, 5.74) is 3.67. The Balaban J connectivity index is 1.41. The van der Waals surface area contributed by atoms with Crippen molar-refractivity contribution in [1.29, 1.82) is 0 Å². The Labute approximate surface area is 191 Å². The molecule has 2 aromatic heterocycles. The largest absolute Gasteiger partial charge is 0.494 e. The number of benzene rings is 2. The summed E-state index contributed by atoms with van der Waals surface area (Å²) in [6, 6.07) is 15.4. The summed E-state index contributed by atoms with van der Waals surface area (Å²) in [6.07, 6.45) is 6.20. The normalized spacial score (nSPS) is 12.8. The van der Waals surface area contributed by atoms with E-state index in [-0.39, 0.29) is 5.91 Å². The lowest BCUT2D eigenvalue weighted by atomic mass is 10.2. The minimum atomic E-state index is -0.166. The maximum atomic E-state index is 13.2. The highest BCUT2D eigenvalue weighted by Crippen LogP contribution is 2.34. The molecule has 5 rings (SSSR count). The predicted molar refractivity (Wildman–Crippen MR) is 128 cm³/mol. The molecule has 0 spiro atoms. The maximum Gasteiger partial charge on any atom is 0.256 e. The molecule has 6 nitrogen and oxygen atoms in total. The molecule has 1 amide bonds. The zero-order valence-electron chi connectivity index (χ0n) is 18.1. The molecule has 0 fully saturated rings. The molecule has 1 N–H and O–H groups in total. The Morgan fingerprint density at radius 3 is 2.94 bits per heavy atom. The third-order valence-corrected chi connectivity index (χ3v) is 6.73. The van der Waals surface area contributed by atoms with E-state index in [0.29, 0.717) is 12.2 Å². The van der Waals surface area contributed by atoms with Crippen LogP contribution in [0.25, 0.3) is 15.3 Å². The fourth-order valence-electron chi connectivity index (χ4n) is 4.06. The standard InChI is InChI=1S/C25H26N4O2S/c1-2-3-6-15-31-18-10-7-9-17(16-18)24(30)27-23-19-11-8-13-20(19)28-29(23)25-26-21-12-4-5-14-22(21)32-25/h4-5,7,9-10,12,14,16H,2-3,6,8,11,13,15H2,1H3,(H,27,30). The molecule has 164 valence electrons. The number of hydrogen-bond donors (Lipinski definition) is 1. The van der Waals surface area contributed by atoms with Gasteiger partial charge in [0, 0.05) is 11.1 Å². The SMILES string of the molecule is CCCCCOc1cccc(C(=O)Nc2c3c(nn2-c2nc4ccccc4s2)CCC3)c1. The van der Waals surface area contributed by atoms with Crippen LogP contribution >= 0.6 is 11.3 Å². The molecule has 0 atom stereocenters. The van der Waals surface area contributed by atoms with E-state index in [4.69, 9.17) is 14.8 Å². The second-order valence-electron chi connectivity index (χ2n) is 8.04. The van der Waals surface area contributed by atoms with Crippen LogP contribution in [0, 0.1) is 0 Å². The number of thiazole rings is 1. The van der Waals surface area contributed by atoms with Gasteiger partial charge >= 0.3 is 0 Å². The van der Waals surface area contributed by atoms with Crippen molar-refractivity contribution in [1.82, 2.24) is 14.8 Å². The molecule has 1 aliphatic carbocycles. The van der Waals surface area contributed by atoms with Crippen LogP contribution in [0.15, 0.2) is 48.5 Å². The van der Waals surface area contributed by atoms with Gasteiger partial charge < -0.3 is 10.1 Å². The maximum absolute atomic E-state index is 13.2. The fourth-order valence-corrected chi connectivity index (χ4v) is 4.98. The van der Waals surface area contributed by atoms with Crippen LogP contribution in [0.4, 0.5) is 5.82 Å². The number of para-hydroxylation sites is 1. The number of unbranched alkanes of at least 4 members (excludes halogenated alkanes) is 2. The lowest BCUT2D eigenvalue weighted by Crippen LogP contribution is -2.16. The lowest BCUT2D eigenvalue weighted by molar-refractivity contribution is 0.102. The van der Waals surface area contributed by atoms with Gasteiger partial charge in [0.1, 0.15) is 11.6 Å². The minimum absolute atomic E-state index is 0.166. The average molecular weight is 447 g/mol. The molecule has 0 radical (unpaired) electrons. The Hall–Kier alpha value is -3.19. The number of carbonyl (C=O) groups is 1. The van der Waals surface area contributed by atoms with Gasteiger partial charge in [0.15, 0.2) is 0 Å². The van der Waals surface area contributed by atoms with Gasteiger partial charge in [-0.3, -0.25) is 4.79 Å². The number of amides is 1. The third-order valence-electron chi connectivity index (χ3n) is 5.72. The van der Waals surface area contributed by atoms with E-state index in [0.717, 1.165) is 76.7 Å². The summed E-state index contributed by atoms with van der Waals surface area (Å²) in [7, 11) is 0. The third kappa shape index (κ3) is 4.12. The molecule has 1 aliphatic rings. The van der Waals surface area contributed by atoms with Gasteiger partial charge in [-0.2, -0.15) is 9.78 Å². The second kappa shape index (κ2) is 9.12. The quantitative estimate of drug-likeness (QED) is 0.348. The number of fused-ring (bicyclic) bond motifs is 2. The fraction of sp³-hybridized carbons (Fsp3) is 0.320. The Kier molecular flexibility index (Phi) is 5.90. The van der Waals surface area contributed by atoms with E-state index >= 15 is 0 Å². The molecule has 4 aromatic rings. The van der Waals surface area contributed by atoms with E-state index in [1.54, 1.807) is 22.1 Å². The number of ether oxygens (including phenoxy) is 1. The Bertz CT molecular complexity index is 1230. The van der Waals surface area contributed by atoms with Crippen molar-refractivity contribution in [2.45, 2.75) is 45.4 Å². The summed E-state index contributed by atoms with van der Waals surface area (Å²) in [6.45, 7) is 2.83. The van der Waals surface area contributed by atoms with Crippen LogP contribution in [-0.4, -0.2) is 27.3 Å². The van der Waals surface area contributed by atoms with Crippen molar-refractivity contribution in [3.8, 4) is 10.9 Å². The van der Waals surface area contributed by atoms with Gasteiger partial charge in [-0.1, -0.05) is 49.3 Å². The van der Waals surface area contributed by atoms with Crippen LogP contribution < -0.4 is 10.1 Å². The zero-order chi connectivity index (χ0) is 21.9. The van der Waals surface area contributed by atoms with Gasteiger partial charge in [0.2, 0.25) is 5.13 Å². The first-order valence-corrected chi connectivity index (χ1v) is 12.1. The number of carbonyl (C=O) groups excluding carboxylic acids is 1. The van der Waals surface area contributed by atoms with E-state index in [1.807, 2.05) is 36.4 Å². The number of aryl methyl sites for hydroxylation is 1. The van der Waals surface area contributed by atoms with Gasteiger partial charge in [-0.05, 0) is 56.0 Å². The van der Waals surface area contributed by atoms with E-state index in [9.17, 15) is 4.79 Å². The highest BCUT2D eigenvalue weighted by atomic mass is 32.1. The topological polar surface area (TPSA) is 69.0 Å². The molecule has 2 heterocycles. The number of hydrogen-bond acceptors (Lipinski definition) is 5. The summed E-state index contributed by atoms with van der Waals surface area (Å²) >= 11 is 1.58. The summed E-state index contributed by atoms with van der Waals surface area (Å²) in [5, 5.41) is 8.70. The molecular weight excluding hydrogens is 420 g/mol. The lowest BCUT2D eigenvalue weighted by Gasteiger charge is -2.10. The number of rotatable bonds is 8. The summed E-state index contributed by atoms with van der Waals surface area (Å²) in [5.74, 6) is 1.29. The molecule has 0 unspecified atom stereocenters. The zero-order valence-corrected chi connectivity index (χ0v) is 19.0. The first kappa shape index (κ1) is 20.7. The molecule has 0 saturated heterocycles. The monoisotopic (exact) mass is 446 g/mol. The van der Waals surface area contributed by atoms with Crippen LogP contribution in [-0.2, 0) is 12.8 Å². The molecule has 0 bridgehead atoms. The summed E-state index contributed by atoms with van der Waals surface area (Å²) < 4.78 is 8.73. The van der Waals surface area contributed by atoms with E-state index < -0.39 is 0 Å². The smallest absolute Gasteiger partial charge is 0.256 e. The van der Waals surface area contributed by atoms with Crippen molar-refractivity contribution < 1.29 is 9.53 Å². The first-order valence-electron chi connectivity index (χ1n) is 11.2. The van der Waals surface area contributed by atoms with Crippen LogP contribution in [0.1, 0.15) is 54.2 Å². The number of anilines is 1. The van der Waals surface area contributed by atoms with Crippen molar-refractivity contribution in [3.05, 3.63) is 65.4 Å². The minimum Gasteiger partial charge on any atom is -0.494 e. The molecule has 32 heavy (non-hydrogen) atoms. The number of nitrogens with one attached hydrogen (secondary N) is 1. The van der Waals surface area contributed by atoms with Crippen molar-refractivity contribution >= 4 is 33.3 Å². The average Bonchev–Trinajstić information content (AvgIpc) is 3.52. The van der Waals surface area contributed by atoms with Crippen LogP contribution in [0.5, 0.6) is 5.75 Å². The second-order valence-corrected chi connectivity index (χ2v) is 9.05. The molecular formula is C25H26N4O2S. The van der Waals surface area contributed by atoms with Crippen molar-refractivity contribution in [2.75, 3.05) is 11.9 Å². The molecule has 0 saturated carbocycles. The van der Waals surface area contributed by atoms with Crippen LogP contribution in [0.3, 0.4) is 0 Å². The van der Waals surface area contributed by atoms with Crippen molar-refractivity contribution in [3.63, 3.8) is 0 Å². The number of nitrogens with zero attached hydrogens (tertiary/aromatic N) is 3. The molecule has 0 aliphatic heterocycles. The molecule has 7 heteroatoms. The first-order chi connectivity index (χ1) is 15.7. The van der Waals surface area contributed by atoms with Gasteiger partial charge in [0.05, 0.1) is 22.5 Å². The van der Waals surface area contributed by atoms with Crippen molar-refractivity contribution in [2.24, 2.45) is 0 Å². The van der Waals surface area contributed by atoms with E-state index in [2.05, 4.69) is 18.3 Å². The van der Waals surface area contributed by atoms with E-state index in [1.165, 1.54) is 0 Å². The summed E-state index contributed by atoms with van der Waals surface area (Å²) in [4.78, 5) is 17.9. The predicted octanol–water partition coefficient (Wildman–Crippen LogP) is 5.79.